The number of hydrogen-bond donors (Lipinski definition) is 2. The second-order valence-corrected chi connectivity index (χ2v) is 4.43. The standard InChI is InChI=1S/C11H14ClNO3/c12-10-5-4-9(16-10)11(15)13-8-3-1-2-7(8)6-14/h4-5,7-8,14H,1-3,6H2,(H,13,15). The number of furan rings is 1. The van der Waals surface area contributed by atoms with Gasteiger partial charge in [0, 0.05) is 18.6 Å². The first-order chi connectivity index (χ1) is 7.70. The Bertz CT molecular complexity index is 377. The average molecular weight is 244 g/mol. The molecule has 5 heteroatoms. The smallest absolute Gasteiger partial charge is 0.287 e. The highest BCUT2D eigenvalue weighted by Gasteiger charge is 2.28. The maximum Gasteiger partial charge on any atom is 0.287 e. The number of aliphatic hydroxyl groups excluding tert-OH is 1. The van der Waals surface area contributed by atoms with Gasteiger partial charge in [-0.2, -0.15) is 0 Å². The number of amides is 1. The lowest BCUT2D eigenvalue weighted by Gasteiger charge is -2.18. The summed E-state index contributed by atoms with van der Waals surface area (Å²) in [5.41, 5.74) is 0. The van der Waals surface area contributed by atoms with Crippen LogP contribution in [0.15, 0.2) is 16.5 Å². The molecule has 16 heavy (non-hydrogen) atoms. The zero-order chi connectivity index (χ0) is 11.5. The van der Waals surface area contributed by atoms with Crippen molar-refractivity contribution in [2.45, 2.75) is 25.3 Å². The highest BCUT2D eigenvalue weighted by molar-refractivity contribution is 6.29. The fourth-order valence-corrected chi connectivity index (χ4v) is 2.27. The summed E-state index contributed by atoms with van der Waals surface area (Å²) in [4.78, 5) is 11.7. The molecule has 1 aliphatic carbocycles. The Balaban J connectivity index is 1.97. The highest BCUT2D eigenvalue weighted by atomic mass is 35.5. The van der Waals surface area contributed by atoms with Crippen LogP contribution in [-0.2, 0) is 0 Å². The average Bonchev–Trinajstić information content (AvgIpc) is 2.86. The number of halogens is 1. The Morgan fingerprint density at radius 2 is 2.38 bits per heavy atom. The molecule has 0 radical (unpaired) electrons. The molecule has 1 saturated carbocycles. The molecule has 2 atom stereocenters. The third-order valence-electron chi connectivity index (χ3n) is 3.01. The normalized spacial score (nSPS) is 24.6. The van der Waals surface area contributed by atoms with Crippen LogP contribution in [0.2, 0.25) is 5.22 Å². The monoisotopic (exact) mass is 243 g/mol. The molecule has 88 valence electrons. The van der Waals surface area contributed by atoms with Crippen LogP contribution in [0.1, 0.15) is 29.8 Å². The van der Waals surface area contributed by atoms with Gasteiger partial charge in [0.25, 0.3) is 5.91 Å². The van der Waals surface area contributed by atoms with Crippen LogP contribution in [0.3, 0.4) is 0 Å². The van der Waals surface area contributed by atoms with E-state index in [4.69, 9.17) is 21.1 Å². The van der Waals surface area contributed by atoms with Crippen molar-refractivity contribution in [3.05, 3.63) is 23.1 Å². The summed E-state index contributed by atoms with van der Waals surface area (Å²) in [7, 11) is 0. The number of carbonyl (C=O) groups excluding carboxylic acids is 1. The summed E-state index contributed by atoms with van der Waals surface area (Å²) in [5, 5.41) is 12.2. The van der Waals surface area contributed by atoms with Crippen LogP contribution in [-0.4, -0.2) is 23.7 Å². The van der Waals surface area contributed by atoms with E-state index in [1.165, 1.54) is 6.07 Å². The topological polar surface area (TPSA) is 62.5 Å². The molecule has 1 aromatic rings. The molecular weight excluding hydrogens is 230 g/mol. The van der Waals surface area contributed by atoms with Gasteiger partial charge in [-0.3, -0.25) is 4.79 Å². The third kappa shape index (κ3) is 2.39. The van der Waals surface area contributed by atoms with E-state index in [0.717, 1.165) is 19.3 Å². The van der Waals surface area contributed by atoms with Crippen molar-refractivity contribution in [3.8, 4) is 0 Å². The minimum absolute atomic E-state index is 0.0429. The Morgan fingerprint density at radius 3 is 3.00 bits per heavy atom. The van der Waals surface area contributed by atoms with E-state index >= 15 is 0 Å². The Kier molecular flexibility index (Phi) is 3.51. The SMILES string of the molecule is O=C(NC1CCCC1CO)c1ccc(Cl)o1. The molecule has 4 nitrogen and oxygen atoms in total. The molecule has 1 aromatic heterocycles. The Hall–Kier alpha value is -1.00. The summed E-state index contributed by atoms with van der Waals surface area (Å²) in [6.45, 7) is 0.115. The number of nitrogens with one attached hydrogen (secondary N) is 1. The molecule has 0 aromatic carbocycles. The lowest BCUT2D eigenvalue weighted by molar-refractivity contribution is 0.0888. The third-order valence-corrected chi connectivity index (χ3v) is 3.21. The molecule has 1 aliphatic rings. The summed E-state index contributed by atoms with van der Waals surface area (Å²) in [5.74, 6) is 0.111. The Labute approximate surface area is 98.6 Å². The van der Waals surface area contributed by atoms with Crippen molar-refractivity contribution in [2.24, 2.45) is 5.92 Å². The van der Waals surface area contributed by atoms with Crippen molar-refractivity contribution in [1.29, 1.82) is 0 Å². The maximum absolute atomic E-state index is 11.7. The van der Waals surface area contributed by atoms with Gasteiger partial charge >= 0.3 is 0 Å². The lowest BCUT2D eigenvalue weighted by atomic mass is 10.1. The molecule has 2 N–H and O–H groups in total. The number of carbonyl (C=O) groups is 1. The zero-order valence-electron chi connectivity index (χ0n) is 8.78. The van der Waals surface area contributed by atoms with E-state index in [2.05, 4.69) is 5.32 Å². The fraction of sp³-hybridized carbons (Fsp3) is 0.545. The van der Waals surface area contributed by atoms with Crippen LogP contribution < -0.4 is 5.32 Å². The van der Waals surface area contributed by atoms with Gasteiger partial charge in [0.1, 0.15) is 0 Å². The molecule has 0 aliphatic heterocycles. The second kappa shape index (κ2) is 4.89. The molecule has 1 fully saturated rings. The maximum atomic E-state index is 11.7. The van der Waals surface area contributed by atoms with Crippen LogP contribution in [0.4, 0.5) is 0 Å². The van der Waals surface area contributed by atoms with Gasteiger partial charge in [0.15, 0.2) is 11.0 Å². The summed E-state index contributed by atoms with van der Waals surface area (Å²) in [6, 6.07) is 3.12. The van der Waals surface area contributed by atoms with Crippen molar-refractivity contribution >= 4 is 17.5 Å². The zero-order valence-corrected chi connectivity index (χ0v) is 9.54. The minimum atomic E-state index is -0.266. The van der Waals surface area contributed by atoms with Crippen molar-refractivity contribution in [1.82, 2.24) is 5.32 Å². The van der Waals surface area contributed by atoms with Crippen LogP contribution in [0.5, 0.6) is 0 Å². The summed E-state index contributed by atoms with van der Waals surface area (Å²) >= 11 is 5.59. The summed E-state index contributed by atoms with van der Waals surface area (Å²) < 4.78 is 5.02. The van der Waals surface area contributed by atoms with Crippen molar-refractivity contribution in [2.75, 3.05) is 6.61 Å². The van der Waals surface area contributed by atoms with Crippen LogP contribution >= 0.6 is 11.6 Å². The van der Waals surface area contributed by atoms with E-state index in [0.29, 0.717) is 0 Å². The van der Waals surface area contributed by atoms with Crippen LogP contribution in [0, 0.1) is 5.92 Å². The van der Waals surface area contributed by atoms with Gasteiger partial charge in [0.05, 0.1) is 0 Å². The van der Waals surface area contributed by atoms with E-state index in [-0.39, 0.29) is 35.5 Å². The Morgan fingerprint density at radius 1 is 1.56 bits per heavy atom. The van der Waals surface area contributed by atoms with E-state index < -0.39 is 0 Å². The van der Waals surface area contributed by atoms with Crippen LogP contribution in [0.25, 0.3) is 0 Å². The lowest BCUT2D eigenvalue weighted by Crippen LogP contribution is -2.38. The van der Waals surface area contributed by atoms with E-state index in [1.54, 1.807) is 6.07 Å². The van der Waals surface area contributed by atoms with Gasteiger partial charge in [-0.25, -0.2) is 0 Å². The first-order valence-corrected chi connectivity index (χ1v) is 5.75. The number of rotatable bonds is 3. The molecule has 1 amide bonds. The quantitative estimate of drug-likeness (QED) is 0.851. The minimum Gasteiger partial charge on any atom is -0.440 e. The molecule has 1 heterocycles. The van der Waals surface area contributed by atoms with Gasteiger partial charge in [-0.05, 0) is 36.6 Å². The number of aliphatic hydroxyl groups is 1. The molecule has 0 bridgehead atoms. The second-order valence-electron chi connectivity index (χ2n) is 4.06. The molecule has 2 unspecified atom stereocenters. The highest BCUT2D eigenvalue weighted by Crippen LogP contribution is 2.25. The van der Waals surface area contributed by atoms with Gasteiger partial charge in [-0.15, -0.1) is 0 Å². The predicted octanol–water partition coefficient (Wildman–Crippen LogP) is 1.82. The largest absolute Gasteiger partial charge is 0.440 e. The number of hydrogen-bond acceptors (Lipinski definition) is 3. The van der Waals surface area contributed by atoms with Gasteiger partial charge < -0.3 is 14.8 Å². The van der Waals surface area contributed by atoms with Crippen molar-refractivity contribution < 1.29 is 14.3 Å². The van der Waals surface area contributed by atoms with Gasteiger partial charge in [-0.1, -0.05) is 6.42 Å². The van der Waals surface area contributed by atoms with Crippen molar-refractivity contribution in [3.63, 3.8) is 0 Å². The molecule has 0 spiro atoms. The van der Waals surface area contributed by atoms with Gasteiger partial charge in [0.2, 0.25) is 0 Å². The predicted molar refractivity (Wildman–Crippen MR) is 59.4 cm³/mol. The first-order valence-electron chi connectivity index (χ1n) is 5.38. The summed E-state index contributed by atoms with van der Waals surface area (Å²) in [6.07, 6.45) is 2.90. The molecule has 2 rings (SSSR count). The fourth-order valence-electron chi connectivity index (χ4n) is 2.12. The molecule has 0 saturated heterocycles. The van der Waals surface area contributed by atoms with E-state index in [1.807, 2.05) is 0 Å². The molecular formula is C11H14ClNO3. The first kappa shape index (κ1) is 11.5. The van der Waals surface area contributed by atoms with E-state index in [9.17, 15) is 4.79 Å².